The second-order valence-electron chi connectivity index (χ2n) is 4.55. The SMILES string of the molecule is CC1COC(CCl)CN1C(=O)c1ccc(Br)c(Cl)c1. The van der Waals surface area contributed by atoms with Gasteiger partial charge in [0.25, 0.3) is 5.91 Å². The molecular weight excluding hydrogens is 353 g/mol. The van der Waals surface area contributed by atoms with Crippen LogP contribution < -0.4 is 0 Å². The molecule has 0 spiro atoms. The fraction of sp³-hybridized carbons (Fsp3) is 0.462. The molecule has 2 atom stereocenters. The fourth-order valence-electron chi connectivity index (χ4n) is 1.99. The Hall–Kier alpha value is -0.290. The Bertz CT molecular complexity index is 484. The summed E-state index contributed by atoms with van der Waals surface area (Å²) in [6.07, 6.45) is -0.104. The van der Waals surface area contributed by atoms with Gasteiger partial charge in [-0.1, -0.05) is 11.6 Å². The van der Waals surface area contributed by atoms with E-state index in [0.29, 0.717) is 29.6 Å². The lowest BCUT2D eigenvalue weighted by atomic mass is 10.1. The van der Waals surface area contributed by atoms with E-state index in [2.05, 4.69) is 15.9 Å². The molecule has 1 aromatic rings. The molecule has 3 nitrogen and oxygen atoms in total. The molecule has 1 fully saturated rings. The van der Waals surface area contributed by atoms with Gasteiger partial charge in [0.2, 0.25) is 0 Å². The number of hydrogen-bond donors (Lipinski definition) is 0. The molecule has 19 heavy (non-hydrogen) atoms. The molecule has 1 saturated heterocycles. The molecule has 0 radical (unpaired) electrons. The second-order valence-corrected chi connectivity index (χ2v) is 6.12. The molecule has 0 bridgehead atoms. The average molecular weight is 367 g/mol. The average Bonchev–Trinajstić information content (AvgIpc) is 2.41. The molecule has 0 saturated carbocycles. The molecule has 1 heterocycles. The summed E-state index contributed by atoms with van der Waals surface area (Å²) in [6.45, 7) is 2.98. The summed E-state index contributed by atoms with van der Waals surface area (Å²) in [4.78, 5) is 14.3. The van der Waals surface area contributed by atoms with Crippen molar-refractivity contribution >= 4 is 45.0 Å². The highest BCUT2D eigenvalue weighted by Gasteiger charge is 2.29. The van der Waals surface area contributed by atoms with Crippen LogP contribution in [0, 0.1) is 0 Å². The third kappa shape index (κ3) is 3.43. The topological polar surface area (TPSA) is 29.5 Å². The van der Waals surface area contributed by atoms with Crippen molar-refractivity contribution in [1.82, 2.24) is 4.90 Å². The molecule has 0 aliphatic carbocycles. The van der Waals surface area contributed by atoms with Crippen LogP contribution in [0.1, 0.15) is 17.3 Å². The van der Waals surface area contributed by atoms with E-state index >= 15 is 0 Å². The highest BCUT2D eigenvalue weighted by atomic mass is 79.9. The predicted molar refractivity (Wildman–Crippen MR) is 80.1 cm³/mol. The lowest BCUT2D eigenvalue weighted by Crippen LogP contribution is -2.51. The number of benzene rings is 1. The van der Waals surface area contributed by atoms with Crippen molar-refractivity contribution in [3.05, 3.63) is 33.3 Å². The van der Waals surface area contributed by atoms with Gasteiger partial charge in [-0.05, 0) is 41.1 Å². The van der Waals surface area contributed by atoms with E-state index < -0.39 is 0 Å². The zero-order chi connectivity index (χ0) is 14.0. The normalized spacial score (nSPS) is 23.5. The van der Waals surface area contributed by atoms with E-state index in [1.54, 1.807) is 23.1 Å². The Morgan fingerprint density at radius 3 is 2.95 bits per heavy atom. The molecular formula is C13H14BrCl2NO2. The molecule has 1 aliphatic rings. The van der Waals surface area contributed by atoms with Crippen LogP contribution in [0.3, 0.4) is 0 Å². The Morgan fingerprint density at radius 2 is 2.32 bits per heavy atom. The van der Waals surface area contributed by atoms with Crippen molar-refractivity contribution in [2.75, 3.05) is 19.0 Å². The van der Waals surface area contributed by atoms with Gasteiger partial charge in [-0.2, -0.15) is 0 Å². The van der Waals surface area contributed by atoms with Crippen LogP contribution in [0.25, 0.3) is 0 Å². The highest BCUT2D eigenvalue weighted by Crippen LogP contribution is 2.25. The first kappa shape index (κ1) is 15.1. The van der Waals surface area contributed by atoms with Crippen LogP contribution >= 0.6 is 39.1 Å². The van der Waals surface area contributed by atoms with Gasteiger partial charge in [-0.3, -0.25) is 4.79 Å². The Morgan fingerprint density at radius 1 is 1.58 bits per heavy atom. The van der Waals surface area contributed by atoms with Crippen LogP contribution in [0.4, 0.5) is 0 Å². The first-order valence-electron chi connectivity index (χ1n) is 5.96. The van der Waals surface area contributed by atoms with Crippen molar-refractivity contribution < 1.29 is 9.53 Å². The van der Waals surface area contributed by atoms with Crippen LogP contribution in [0.5, 0.6) is 0 Å². The number of carbonyl (C=O) groups excluding carboxylic acids is 1. The van der Waals surface area contributed by atoms with Gasteiger partial charge < -0.3 is 9.64 Å². The van der Waals surface area contributed by atoms with Gasteiger partial charge in [-0.15, -0.1) is 11.6 Å². The summed E-state index contributed by atoms with van der Waals surface area (Å²) in [7, 11) is 0. The van der Waals surface area contributed by atoms with Gasteiger partial charge in [0.05, 0.1) is 29.7 Å². The minimum absolute atomic E-state index is 0.0365. The summed E-state index contributed by atoms with van der Waals surface area (Å²) in [5.41, 5.74) is 0.579. The van der Waals surface area contributed by atoms with Crippen LogP contribution in [0.15, 0.2) is 22.7 Å². The Balaban J connectivity index is 2.19. The van der Waals surface area contributed by atoms with Crippen molar-refractivity contribution in [3.63, 3.8) is 0 Å². The third-order valence-corrected chi connectivity index (χ3v) is 4.68. The molecule has 1 amide bonds. The highest BCUT2D eigenvalue weighted by molar-refractivity contribution is 9.10. The molecule has 6 heteroatoms. The van der Waals surface area contributed by atoms with Crippen molar-refractivity contribution in [2.45, 2.75) is 19.1 Å². The van der Waals surface area contributed by atoms with E-state index in [4.69, 9.17) is 27.9 Å². The summed E-state index contributed by atoms with van der Waals surface area (Å²) >= 11 is 15.1. The number of halogens is 3. The van der Waals surface area contributed by atoms with E-state index in [0.717, 1.165) is 4.47 Å². The number of rotatable bonds is 2. The summed E-state index contributed by atoms with van der Waals surface area (Å²) < 4.78 is 6.32. The van der Waals surface area contributed by atoms with Crippen LogP contribution in [-0.2, 0) is 4.74 Å². The molecule has 0 N–H and O–H groups in total. The van der Waals surface area contributed by atoms with Gasteiger partial charge in [0.15, 0.2) is 0 Å². The molecule has 1 aliphatic heterocycles. The first-order valence-corrected chi connectivity index (χ1v) is 7.67. The smallest absolute Gasteiger partial charge is 0.254 e. The van der Waals surface area contributed by atoms with Gasteiger partial charge >= 0.3 is 0 Å². The minimum Gasteiger partial charge on any atom is -0.373 e. The molecule has 2 rings (SSSR count). The standard InChI is InChI=1S/C13H14BrCl2NO2/c1-8-7-19-10(5-15)6-17(8)13(18)9-2-3-11(14)12(16)4-9/h2-4,8,10H,5-7H2,1H3. The summed E-state index contributed by atoms with van der Waals surface area (Å²) in [5.74, 6) is 0.345. The maximum Gasteiger partial charge on any atom is 0.254 e. The number of ether oxygens (including phenoxy) is 1. The quantitative estimate of drug-likeness (QED) is 0.749. The van der Waals surface area contributed by atoms with Crippen LogP contribution in [0.2, 0.25) is 5.02 Å². The van der Waals surface area contributed by atoms with Gasteiger partial charge in [0, 0.05) is 16.6 Å². The number of hydrogen-bond acceptors (Lipinski definition) is 2. The van der Waals surface area contributed by atoms with E-state index in [1.807, 2.05) is 6.92 Å². The van der Waals surface area contributed by atoms with E-state index in [1.165, 1.54) is 0 Å². The van der Waals surface area contributed by atoms with E-state index in [9.17, 15) is 4.79 Å². The summed E-state index contributed by atoms with van der Waals surface area (Å²) in [6, 6.07) is 5.25. The van der Waals surface area contributed by atoms with Crippen LogP contribution in [-0.4, -0.2) is 42.0 Å². The Labute approximate surface area is 130 Å². The Kier molecular flexibility index (Phi) is 5.12. The second kappa shape index (κ2) is 6.44. The maximum atomic E-state index is 12.5. The zero-order valence-electron chi connectivity index (χ0n) is 10.4. The lowest BCUT2D eigenvalue weighted by molar-refractivity contribution is -0.0371. The third-order valence-electron chi connectivity index (χ3n) is 3.11. The largest absolute Gasteiger partial charge is 0.373 e. The maximum absolute atomic E-state index is 12.5. The molecule has 2 unspecified atom stereocenters. The monoisotopic (exact) mass is 365 g/mol. The number of morpholine rings is 1. The summed E-state index contributed by atoms with van der Waals surface area (Å²) in [5, 5.41) is 0.528. The van der Waals surface area contributed by atoms with Gasteiger partial charge in [0.1, 0.15) is 0 Å². The molecule has 104 valence electrons. The number of carbonyl (C=O) groups is 1. The van der Waals surface area contributed by atoms with Crippen molar-refractivity contribution in [1.29, 1.82) is 0 Å². The molecule has 0 aromatic heterocycles. The fourth-order valence-corrected chi connectivity index (χ4v) is 2.60. The van der Waals surface area contributed by atoms with E-state index in [-0.39, 0.29) is 18.1 Å². The lowest BCUT2D eigenvalue weighted by Gasteiger charge is -2.37. The first-order chi connectivity index (χ1) is 9.02. The minimum atomic E-state index is -0.104. The van der Waals surface area contributed by atoms with Crippen molar-refractivity contribution in [2.24, 2.45) is 0 Å². The zero-order valence-corrected chi connectivity index (χ0v) is 13.5. The number of amides is 1. The number of nitrogens with zero attached hydrogens (tertiary/aromatic N) is 1. The predicted octanol–water partition coefficient (Wildman–Crippen LogP) is 3.57. The molecule has 1 aromatic carbocycles. The van der Waals surface area contributed by atoms with Crippen molar-refractivity contribution in [3.8, 4) is 0 Å². The van der Waals surface area contributed by atoms with Gasteiger partial charge in [-0.25, -0.2) is 0 Å². The number of alkyl halides is 1.